The number of carbonyl (C=O) groups excluding carboxylic acids is 2. The van der Waals surface area contributed by atoms with Crippen LogP contribution in [0.25, 0.3) is 0 Å². The van der Waals surface area contributed by atoms with Crippen LogP contribution in [0.15, 0.2) is 42.5 Å². The summed E-state index contributed by atoms with van der Waals surface area (Å²) in [4.78, 5) is 25.4. The normalized spacial score (nSPS) is 10.4. The lowest BCUT2D eigenvalue weighted by Gasteiger charge is -2.17. The first kappa shape index (κ1) is 18.9. The summed E-state index contributed by atoms with van der Waals surface area (Å²) in [5, 5.41) is 3.07. The van der Waals surface area contributed by atoms with Crippen LogP contribution >= 0.6 is 11.6 Å². The van der Waals surface area contributed by atoms with Gasteiger partial charge in [0.15, 0.2) is 0 Å². The molecule has 0 saturated carbocycles. The van der Waals surface area contributed by atoms with Crippen LogP contribution in [-0.2, 0) is 11.3 Å². The Morgan fingerprint density at radius 3 is 2.44 bits per heavy atom. The van der Waals surface area contributed by atoms with Gasteiger partial charge < -0.3 is 10.2 Å². The standard InChI is InChI=1S/C18H17ClF2N2O2/c1-23(11-12-2-4-13(19)5-3-12)17(24)8-9-22-18(25)15-7-6-14(20)10-16(15)21/h2-7,10H,8-9,11H2,1H3,(H,22,25). The Hall–Kier alpha value is -2.47. The predicted molar refractivity (Wildman–Crippen MR) is 91.2 cm³/mol. The lowest BCUT2D eigenvalue weighted by molar-refractivity contribution is -0.130. The Bertz CT molecular complexity index is 766. The molecule has 0 spiro atoms. The van der Waals surface area contributed by atoms with Crippen LogP contribution in [0.3, 0.4) is 0 Å². The molecule has 0 heterocycles. The minimum atomic E-state index is -0.941. The molecule has 2 aromatic rings. The fourth-order valence-corrected chi connectivity index (χ4v) is 2.32. The lowest BCUT2D eigenvalue weighted by Crippen LogP contribution is -2.32. The first-order valence-corrected chi connectivity index (χ1v) is 7.96. The van der Waals surface area contributed by atoms with Crippen LogP contribution < -0.4 is 5.32 Å². The van der Waals surface area contributed by atoms with Gasteiger partial charge in [0.2, 0.25) is 5.91 Å². The number of halogens is 3. The summed E-state index contributed by atoms with van der Waals surface area (Å²) in [5.74, 6) is -2.56. The largest absolute Gasteiger partial charge is 0.351 e. The van der Waals surface area contributed by atoms with Gasteiger partial charge in [-0.25, -0.2) is 8.78 Å². The number of hydrogen-bond donors (Lipinski definition) is 1. The van der Waals surface area contributed by atoms with Crippen molar-refractivity contribution in [1.82, 2.24) is 10.2 Å². The summed E-state index contributed by atoms with van der Waals surface area (Å²) in [6.45, 7) is 0.468. The second-order valence-electron chi connectivity index (χ2n) is 5.51. The zero-order chi connectivity index (χ0) is 18.4. The Balaban J connectivity index is 1.81. The van der Waals surface area contributed by atoms with Crippen LogP contribution in [0.5, 0.6) is 0 Å². The van der Waals surface area contributed by atoms with E-state index in [2.05, 4.69) is 5.32 Å². The molecular weight excluding hydrogens is 350 g/mol. The average molecular weight is 367 g/mol. The van der Waals surface area contributed by atoms with E-state index in [0.717, 1.165) is 17.7 Å². The summed E-state index contributed by atoms with van der Waals surface area (Å²) in [7, 11) is 1.65. The van der Waals surface area contributed by atoms with Crippen molar-refractivity contribution in [1.29, 1.82) is 0 Å². The number of benzene rings is 2. The molecule has 0 radical (unpaired) electrons. The molecule has 0 atom stereocenters. The first-order chi connectivity index (χ1) is 11.9. The van der Waals surface area contributed by atoms with Gasteiger partial charge in [0, 0.05) is 37.6 Å². The molecule has 0 bridgehead atoms. The molecule has 0 saturated heterocycles. The average Bonchev–Trinajstić information content (AvgIpc) is 2.56. The van der Waals surface area contributed by atoms with Crippen LogP contribution in [0.2, 0.25) is 5.02 Å². The van der Waals surface area contributed by atoms with Gasteiger partial charge in [-0.05, 0) is 29.8 Å². The van der Waals surface area contributed by atoms with E-state index in [0.29, 0.717) is 17.6 Å². The van der Waals surface area contributed by atoms with Gasteiger partial charge in [-0.3, -0.25) is 9.59 Å². The smallest absolute Gasteiger partial charge is 0.254 e. The number of hydrogen-bond acceptors (Lipinski definition) is 2. The lowest BCUT2D eigenvalue weighted by atomic mass is 10.2. The molecule has 0 aromatic heterocycles. The zero-order valence-electron chi connectivity index (χ0n) is 13.6. The third-order valence-corrected chi connectivity index (χ3v) is 3.81. The highest BCUT2D eigenvalue weighted by molar-refractivity contribution is 6.30. The van der Waals surface area contributed by atoms with E-state index in [9.17, 15) is 18.4 Å². The number of nitrogens with zero attached hydrogens (tertiary/aromatic N) is 1. The van der Waals surface area contributed by atoms with Crippen molar-refractivity contribution < 1.29 is 18.4 Å². The van der Waals surface area contributed by atoms with E-state index in [-0.39, 0.29) is 24.4 Å². The summed E-state index contributed by atoms with van der Waals surface area (Å²) in [6.07, 6.45) is 0.0681. The molecule has 2 amide bonds. The molecule has 7 heteroatoms. The van der Waals surface area contributed by atoms with Crippen LogP contribution in [0.1, 0.15) is 22.3 Å². The Labute approximate surface area is 149 Å². The second kappa shape index (κ2) is 8.58. The molecule has 0 fully saturated rings. The summed E-state index contributed by atoms with van der Waals surface area (Å²) in [6, 6.07) is 9.84. The van der Waals surface area contributed by atoms with Crippen LogP contribution in [-0.4, -0.2) is 30.3 Å². The highest BCUT2D eigenvalue weighted by atomic mass is 35.5. The Morgan fingerprint density at radius 2 is 1.80 bits per heavy atom. The van der Waals surface area contributed by atoms with Crippen molar-refractivity contribution in [3.8, 4) is 0 Å². The maximum Gasteiger partial charge on any atom is 0.254 e. The molecule has 0 aliphatic carbocycles. The van der Waals surface area contributed by atoms with Crippen molar-refractivity contribution >= 4 is 23.4 Å². The fraction of sp³-hybridized carbons (Fsp3) is 0.222. The van der Waals surface area contributed by atoms with Crippen LogP contribution in [0, 0.1) is 11.6 Å². The predicted octanol–water partition coefficient (Wildman–Crippen LogP) is 3.40. The van der Waals surface area contributed by atoms with Crippen molar-refractivity contribution in [3.63, 3.8) is 0 Å². The highest BCUT2D eigenvalue weighted by Crippen LogP contribution is 2.12. The van der Waals surface area contributed by atoms with Gasteiger partial charge >= 0.3 is 0 Å². The van der Waals surface area contributed by atoms with Gasteiger partial charge in [0.1, 0.15) is 11.6 Å². The molecule has 1 N–H and O–H groups in total. The molecule has 25 heavy (non-hydrogen) atoms. The zero-order valence-corrected chi connectivity index (χ0v) is 14.3. The third-order valence-electron chi connectivity index (χ3n) is 3.56. The summed E-state index contributed by atoms with van der Waals surface area (Å²) in [5.41, 5.74) is 0.668. The van der Waals surface area contributed by atoms with Crippen molar-refractivity contribution in [2.45, 2.75) is 13.0 Å². The second-order valence-corrected chi connectivity index (χ2v) is 5.94. The number of amides is 2. The molecule has 2 rings (SSSR count). The number of rotatable bonds is 6. The van der Waals surface area contributed by atoms with Gasteiger partial charge in [-0.15, -0.1) is 0 Å². The quantitative estimate of drug-likeness (QED) is 0.851. The van der Waals surface area contributed by atoms with Gasteiger partial charge in [-0.1, -0.05) is 23.7 Å². The number of nitrogens with one attached hydrogen (secondary N) is 1. The summed E-state index contributed by atoms with van der Waals surface area (Å²) < 4.78 is 26.3. The monoisotopic (exact) mass is 366 g/mol. The topological polar surface area (TPSA) is 49.4 Å². The molecule has 2 aromatic carbocycles. The van der Waals surface area contributed by atoms with Crippen molar-refractivity contribution in [2.24, 2.45) is 0 Å². The maximum absolute atomic E-state index is 13.5. The maximum atomic E-state index is 13.5. The van der Waals surface area contributed by atoms with E-state index in [1.165, 1.54) is 4.90 Å². The fourth-order valence-electron chi connectivity index (χ4n) is 2.19. The van der Waals surface area contributed by atoms with Gasteiger partial charge in [0.05, 0.1) is 5.56 Å². The minimum absolute atomic E-state index is 0.0550. The molecule has 132 valence electrons. The minimum Gasteiger partial charge on any atom is -0.351 e. The highest BCUT2D eigenvalue weighted by Gasteiger charge is 2.14. The van der Waals surface area contributed by atoms with E-state index in [4.69, 9.17) is 11.6 Å². The molecule has 0 unspecified atom stereocenters. The third kappa shape index (κ3) is 5.53. The Morgan fingerprint density at radius 1 is 1.12 bits per heavy atom. The van der Waals surface area contributed by atoms with Crippen molar-refractivity contribution in [3.05, 3.63) is 70.2 Å². The first-order valence-electron chi connectivity index (χ1n) is 7.58. The van der Waals surface area contributed by atoms with Gasteiger partial charge in [0.25, 0.3) is 5.91 Å². The summed E-state index contributed by atoms with van der Waals surface area (Å²) >= 11 is 5.81. The van der Waals surface area contributed by atoms with E-state index in [1.54, 1.807) is 19.2 Å². The van der Waals surface area contributed by atoms with E-state index in [1.807, 2.05) is 12.1 Å². The van der Waals surface area contributed by atoms with E-state index >= 15 is 0 Å². The number of carbonyl (C=O) groups is 2. The molecular formula is C18H17ClF2N2O2. The molecule has 0 aliphatic rings. The van der Waals surface area contributed by atoms with E-state index < -0.39 is 17.5 Å². The molecule has 4 nitrogen and oxygen atoms in total. The SMILES string of the molecule is CN(Cc1ccc(Cl)cc1)C(=O)CCNC(=O)c1ccc(F)cc1F. The van der Waals surface area contributed by atoms with Crippen LogP contribution in [0.4, 0.5) is 8.78 Å². The Kier molecular flexibility index (Phi) is 6.47. The van der Waals surface area contributed by atoms with Gasteiger partial charge in [-0.2, -0.15) is 0 Å². The van der Waals surface area contributed by atoms with Crippen molar-refractivity contribution in [2.75, 3.05) is 13.6 Å². The molecule has 0 aliphatic heterocycles.